The number of pyridine rings is 1. The molecule has 1 aliphatic heterocycles. The first-order valence-corrected chi connectivity index (χ1v) is 7.59. The Hall–Kier alpha value is -1.83. The quantitative estimate of drug-likeness (QED) is 0.907. The summed E-state index contributed by atoms with van der Waals surface area (Å²) in [5.74, 6) is -0.352. The van der Waals surface area contributed by atoms with Crippen LogP contribution in [0.3, 0.4) is 0 Å². The fourth-order valence-electron chi connectivity index (χ4n) is 2.28. The molecular weight excluding hydrogens is 288 g/mol. The van der Waals surface area contributed by atoms with Crippen molar-refractivity contribution >= 4 is 17.2 Å². The van der Waals surface area contributed by atoms with E-state index in [-0.39, 0.29) is 11.9 Å². The van der Waals surface area contributed by atoms with E-state index >= 15 is 0 Å². The van der Waals surface area contributed by atoms with Gasteiger partial charge in [0.15, 0.2) is 0 Å². The van der Waals surface area contributed by atoms with Crippen molar-refractivity contribution in [1.29, 1.82) is 0 Å². The molecule has 2 N–H and O–H groups in total. The Balaban J connectivity index is 1.73. The minimum absolute atomic E-state index is 0.352. The summed E-state index contributed by atoms with van der Waals surface area (Å²) < 4.78 is 5.32. The van der Waals surface area contributed by atoms with E-state index in [1.54, 1.807) is 17.5 Å². The lowest BCUT2D eigenvalue weighted by molar-refractivity contribution is -0.129. The van der Waals surface area contributed by atoms with Gasteiger partial charge in [-0.25, -0.2) is 4.98 Å². The molecule has 0 aliphatic carbocycles. The molecule has 7 heteroatoms. The van der Waals surface area contributed by atoms with Gasteiger partial charge < -0.3 is 10.5 Å². The van der Waals surface area contributed by atoms with Gasteiger partial charge in [-0.15, -0.1) is 11.3 Å². The number of hydrogen-bond acceptors (Lipinski definition) is 6. The Morgan fingerprint density at radius 3 is 3.19 bits per heavy atom. The minimum atomic E-state index is -0.376. The van der Waals surface area contributed by atoms with Gasteiger partial charge in [0, 0.05) is 24.7 Å². The van der Waals surface area contributed by atoms with Crippen LogP contribution in [-0.4, -0.2) is 46.6 Å². The topological polar surface area (TPSA) is 81.3 Å². The second-order valence-electron chi connectivity index (χ2n) is 4.82. The molecule has 110 valence electrons. The van der Waals surface area contributed by atoms with Crippen LogP contribution < -0.4 is 5.73 Å². The van der Waals surface area contributed by atoms with Crippen molar-refractivity contribution < 1.29 is 9.53 Å². The molecule has 0 unspecified atom stereocenters. The Morgan fingerprint density at radius 2 is 2.43 bits per heavy atom. The molecule has 2 aromatic rings. The second-order valence-corrected chi connectivity index (χ2v) is 5.68. The highest BCUT2D eigenvalue weighted by Crippen LogP contribution is 2.22. The lowest BCUT2D eigenvalue weighted by Gasteiger charge is -2.32. The first kappa shape index (κ1) is 14.1. The van der Waals surface area contributed by atoms with Gasteiger partial charge in [0.25, 0.3) is 0 Å². The first-order valence-electron chi connectivity index (χ1n) is 6.71. The van der Waals surface area contributed by atoms with E-state index < -0.39 is 0 Å². The average Bonchev–Trinajstić information content (AvgIpc) is 2.97. The van der Waals surface area contributed by atoms with Crippen LogP contribution >= 0.6 is 11.3 Å². The lowest BCUT2D eigenvalue weighted by atomic mass is 10.2. The Bertz CT molecular complexity index is 616. The van der Waals surface area contributed by atoms with E-state index in [2.05, 4.69) is 9.97 Å². The fourth-order valence-corrected chi connectivity index (χ4v) is 3.07. The number of nitrogens with two attached hydrogens (primary N) is 1. The highest BCUT2D eigenvalue weighted by atomic mass is 32.1. The number of morpholine rings is 1. The molecule has 0 radical (unpaired) electrons. The molecule has 1 amide bonds. The molecule has 1 atom stereocenters. The van der Waals surface area contributed by atoms with Gasteiger partial charge >= 0.3 is 0 Å². The van der Waals surface area contributed by atoms with Gasteiger partial charge in [-0.05, 0) is 12.1 Å². The Morgan fingerprint density at radius 1 is 1.52 bits per heavy atom. The predicted molar refractivity (Wildman–Crippen MR) is 79.6 cm³/mol. The zero-order valence-electron chi connectivity index (χ0n) is 11.4. The summed E-state index contributed by atoms with van der Waals surface area (Å²) in [6.45, 7) is 2.25. The van der Waals surface area contributed by atoms with Gasteiger partial charge in [-0.2, -0.15) is 0 Å². The molecule has 0 aromatic carbocycles. The Kier molecular flexibility index (Phi) is 4.23. The van der Waals surface area contributed by atoms with Crippen molar-refractivity contribution in [1.82, 2.24) is 14.9 Å². The number of aromatic nitrogens is 2. The van der Waals surface area contributed by atoms with Crippen LogP contribution in [0.4, 0.5) is 0 Å². The summed E-state index contributed by atoms with van der Waals surface area (Å²) in [5.41, 5.74) is 7.21. The summed E-state index contributed by atoms with van der Waals surface area (Å²) in [4.78, 5) is 22.4. The third-order valence-electron chi connectivity index (χ3n) is 3.37. The first-order chi connectivity index (χ1) is 10.2. The number of nitrogens with zero attached hydrogens (tertiary/aromatic N) is 3. The van der Waals surface area contributed by atoms with Crippen molar-refractivity contribution in [2.45, 2.75) is 12.6 Å². The van der Waals surface area contributed by atoms with E-state index in [1.807, 2.05) is 28.5 Å². The molecule has 6 nitrogen and oxygen atoms in total. The van der Waals surface area contributed by atoms with Crippen LogP contribution in [-0.2, 0) is 16.1 Å². The molecule has 3 heterocycles. The standard InChI is InChI=1S/C14H16N4O2S/c15-13(19)12-8-20-6-5-18(12)7-10-9-21-14(17-10)11-3-1-2-4-16-11/h1-4,9,12H,5-8H2,(H2,15,19)/t12-/m1/s1. The number of ether oxygens (including phenoxy) is 1. The third kappa shape index (κ3) is 3.26. The monoisotopic (exact) mass is 304 g/mol. The van der Waals surface area contributed by atoms with Crippen molar-refractivity contribution in [3.8, 4) is 10.7 Å². The number of carbonyl (C=O) groups is 1. The largest absolute Gasteiger partial charge is 0.378 e. The van der Waals surface area contributed by atoms with Crippen molar-refractivity contribution in [2.24, 2.45) is 5.73 Å². The molecule has 2 aromatic heterocycles. The maximum Gasteiger partial charge on any atom is 0.237 e. The molecule has 0 bridgehead atoms. The summed E-state index contributed by atoms with van der Waals surface area (Å²) in [7, 11) is 0. The predicted octanol–water partition coefficient (Wildman–Crippen LogP) is 0.891. The number of thiazole rings is 1. The fraction of sp³-hybridized carbons (Fsp3) is 0.357. The van der Waals surface area contributed by atoms with Gasteiger partial charge in [0.2, 0.25) is 5.91 Å². The van der Waals surface area contributed by atoms with Crippen LogP contribution in [0.2, 0.25) is 0 Å². The summed E-state index contributed by atoms with van der Waals surface area (Å²) >= 11 is 1.55. The van der Waals surface area contributed by atoms with Crippen molar-refractivity contribution in [3.05, 3.63) is 35.5 Å². The molecule has 0 spiro atoms. The molecular formula is C14H16N4O2S. The van der Waals surface area contributed by atoms with Gasteiger partial charge in [0.05, 0.1) is 24.6 Å². The van der Waals surface area contributed by atoms with Crippen LogP contribution in [0.25, 0.3) is 10.7 Å². The summed E-state index contributed by atoms with van der Waals surface area (Å²) in [6, 6.07) is 5.38. The highest BCUT2D eigenvalue weighted by molar-refractivity contribution is 7.13. The van der Waals surface area contributed by atoms with Gasteiger partial charge in [-0.1, -0.05) is 6.07 Å². The van der Waals surface area contributed by atoms with Gasteiger partial charge in [-0.3, -0.25) is 14.7 Å². The van der Waals surface area contributed by atoms with Crippen molar-refractivity contribution in [3.63, 3.8) is 0 Å². The molecule has 21 heavy (non-hydrogen) atoms. The van der Waals surface area contributed by atoms with Crippen LogP contribution in [0.1, 0.15) is 5.69 Å². The zero-order chi connectivity index (χ0) is 14.7. The normalized spacial score (nSPS) is 19.5. The van der Waals surface area contributed by atoms with E-state index in [4.69, 9.17) is 10.5 Å². The number of primary amides is 1. The third-order valence-corrected chi connectivity index (χ3v) is 4.28. The summed E-state index contributed by atoms with van der Waals surface area (Å²) in [6.07, 6.45) is 1.75. The zero-order valence-corrected chi connectivity index (χ0v) is 12.3. The SMILES string of the molecule is NC(=O)[C@H]1COCCN1Cc1csc(-c2ccccn2)n1. The van der Waals surface area contributed by atoms with E-state index in [0.717, 1.165) is 16.4 Å². The van der Waals surface area contributed by atoms with Crippen LogP contribution in [0.15, 0.2) is 29.8 Å². The highest BCUT2D eigenvalue weighted by Gasteiger charge is 2.28. The maximum atomic E-state index is 11.5. The summed E-state index contributed by atoms with van der Waals surface area (Å²) in [5, 5.41) is 2.88. The molecule has 1 saturated heterocycles. The smallest absolute Gasteiger partial charge is 0.237 e. The van der Waals surface area contributed by atoms with E-state index in [9.17, 15) is 4.79 Å². The number of carbonyl (C=O) groups excluding carboxylic acids is 1. The van der Waals surface area contributed by atoms with Crippen molar-refractivity contribution in [2.75, 3.05) is 19.8 Å². The van der Waals surface area contributed by atoms with Gasteiger partial charge in [0.1, 0.15) is 11.0 Å². The van der Waals surface area contributed by atoms with Crippen LogP contribution in [0.5, 0.6) is 0 Å². The molecule has 1 aliphatic rings. The number of amides is 1. The molecule has 3 rings (SSSR count). The van der Waals surface area contributed by atoms with E-state index in [0.29, 0.717) is 26.3 Å². The molecule has 0 saturated carbocycles. The second kappa shape index (κ2) is 6.30. The number of rotatable bonds is 4. The van der Waals surface area contributed by atoms with Crippen LogP contribution in [0, 0.1) is 0 Å². The molecule has 1 fully saturated rings. The number of hydrogen-bond donors (Lipinski definition) is 1. The maximum absolute atomic E-state index is 11.5. The average molecular weight is 304 g/mol. The Labute approximate surface area is 126 Å². The lowest BCUT2D eigenvalue weighted by Crippen LogP contribution is -2.51. The minimum Gasteiger partial charge on any atom is -0.378 e. The van der Waals surface area contributed by atoms with E-state index in [1.165, 1.54) is 0 Å².